The molecule has 2 aromatic carbocycles. The Hall–Kier alpha value is -3.65. The molecule has 3 heterocycles. The van der Waals surface area contributed by atoms with Crippen molar-refractivity contribution < 1.29 is 23.9 Å². The van der Waals surface area contributed by atoms with E-state index in [1.165, 1.54) is 7.11 Å². The molecule has 2 amide bonds. The van der Waals surface area contributed by atoms with Crippen molar-refractivity contribution in [3.05, 3.63) is 70.9 Å². The molecule has 8 nitrogen and oxygen atoms in total. The number of aromatic amines is 1. The molecule has 2 atom stereocenters. The summed E-state index contributed by atoms with van der Waals surface area (Å²) < 4.78 is 9.94. The number of benzene rings is 2. The van der Waals surface area contributed by atoms with Crippen molar-refractivity contribution in [3.8, 4) is 0 Å². The smallest absolute Gasteiger partial charge is 0.337 e. The quantitative estimate of drug-likeness (QED) is 0.450. The van der Waals surface area contributed by atoms with Crippen LogP contribution in [-0.2, 0) is 25.5 Å². The van der Waals surface area contributed by atoms with Crippen LogP contribution in [0.25, 0.3) is 10.9 Å². The van der Waals surface area contributed by atoms with Crippen LogP contribution in [0.2, 0.25) is 0 Å². The number of esters is 1. The maximum atomic E-state index is 13.5. The number of amides is 2. The summed E-state index contributed by atoms with van der Waals surface area (Å²) in [6, 6.07) is 14.0. The predicted molar refractivity (Wildman–Crippen MR) is 125 cm³/mol. The summed E-state index contributed by atoms with van der Waals surface area (Å²) in [5, 5.41) is 1.06. The van der Waals surface area contributed by atoms with Gasteiger partial charge in [-0.15, -0.1) is 0 Å². The molecule has 3 aromatic rings. The first kappa shape index (κ1) is 22.2. The number of para-hydroxylation sites is 1. The van der Waals surface area contributed by atoms with Crippen molar-refractivity contribution in [1.29, 1.82) is 0 Å². The van der Waals surface area contributed by atoms with Crippen LogP contribution in [0, 0.1) is 0 Å². The first-order valence-electron chi connectivity index (χ1n) is 11.4. The number of nitrogens with one attached hydrogen (secondary N) is 1. The molecule has 176 valence electrons. The fraction of sp³-hybridized carbons (Fsp3) is 0.346. The maximum absolute atomic E-state index is 13.5. The average molecular weight is 462 g/mol. The second kappa shape index (κ2) is 8.95. The standard InChI is InChI=1S/C26H27N3O5/c1-33-13-5-12-28-15-22(30)29-21(25(28)31)14-19-18-6-3-4-7-20(18)27-23(19)24(29)16-8-10-17(11-9-16)26(32)34-2/h3-4,6-11,21,24,27H,5,12-15H2,1-2H3/t21-,24+/m0/s1. The molecule has 2 aliphatic heterocycles. The zero-order valence-corrected chi connectivity index (χ0v) is 19.2. The van der Waals surface area contributed by atoms with Gasteiger partial charge in [-0.3, -0.25) is 9.59 Å². The van der Waals surface area contributed by atoms with Crippen LogP contribution in [0.15, 0.2) is 48.5 Å². The lowest BCUT2D eigenvalue weighted by molar-refractivity contribution is -0.158. The third kappa shape index (κ3) is 3.64. The van der Waals surface area contributed by atoms with Gasteiger partial charge >= 0.3 is 5.97 Å². The third-order valence-corrected chi connectivity index (χ3v) is 6.77. The van der Waals surface area contributed by atoms with Crippen molar-refractivity contribution in [2.45, 2.75) is 24.9 Å². The zero-order chi connectivity index (χ0) is 23.8. The lowest BCUT2D eigenvalue weighted by atomic mass is 9.86. The van der Waals surface area contributed by atoms with Crippen LogP contribution in [0.5, 0.6) is 0 Å². The van der Waals surface area contributed by atoms with Crippen LogP contribution in [0.4, 0.5) is 0 Å². The lowest BCUT2D eigenvalue weighted by Gasteiger charge is -2.47. The maximum Gasteiger partial charge on any atom is 0.337 e. The van der Waals surface area contributed by atoms with E-state index in [1.54, 1.807) is 29.0 Å². The van der Waals surface area contributed by atoms with Crippen molar-refractivity contribution >= 4 is 28.7 Å². The third-order valence-electron chi connectivity index (χ3n) is 6.77. The number of fused-ring (bicyclic) bond motifs is 4. The van der Waals surface area contributed by atoms with E-state index in [2.05, 4.69) is 4.98 Å². The van der Waals surface area contributed by atoms with Gasteiger partial charge in [-0.25, -0.2) is 4.79 Å². The molecule has 1 N–H and O–H groups in total. The number of aromatic nitrogens is 1. The molecule has 8 heteroatoms. The molecule has 1 fully saturated rings. The number of methoxy groups -OCH3 is 2. The van der Waals surface area contributed by atoms with Crippen LogP contribution < -0.4 is 0 Å². The summed E-state index contributed by atoms with van der Waals surface area (Å²) in [4.78, 5) is 45.8. The Morgan fingerprint density at radius 2 is 1.85 bits per heavy atom. The van der Waals surface area contributed by atoms with Gasteiger partial charge in [0.2, 0.25) is 11.8 Å². The number of rotatable bonds is 6. The summed E-state index contributed by atoms with van der Waals surface area (Å²) in [6.45, 7) is 1.07. The van der Waals surface area contributed by atoms with E-state index < -0.39 is 18.1 Å². The second-order valence-corrected chi connectivity index (χ2v) is 8.71. The Labute approximate surface area is 197 Å². The van der Waals surface area contributed by atoms with E-state index >= 15 is 0 Å². The summed E-state index contributed by atoms with van der Waals surface area (Å²) >= 11 is 0. The predicted octanol–water partition coefficient (Wildman–Crippen LogP) is 2.68. The minimum atomic E-state index is -0.583. The first-order valence-corrected chi connectivity index (χ1v) is 11.4. The Morgan fingerprint density at radius 3 is 2.59 bits per heavy atom. The summed E-state index contributed by atoms with van der Waals surface area (Å²) in [7, 11) is 2.97. The molecule has 0 radical (unpaired) electrons. The highest BCUT2D eigenvalue weighted by molar-refractivity contribution is 5.97. The van der Waals surface area contributed by atoms with E-state index in [9.17, 15) is 14.4 Å². The Morgan fingerprint density at radius 1 is 1.09 bits per heavy atom. The normalized spacial score (nSPS) is 19.8. The summed E-state index contributed by atoms with van der Waals surface area (Å²) in [5.74, 6) is -0.550. The summed E-state index contributed by atoms with van der Waals surface area (Å²) in [5.41, 5.74) is 4.21. The van der Waals surface area contributed by atoms with Crippen LogP contribution >= 0.6 is 0 Å². The van der Waals surface area contributed by atoms with Crippen LogP contribution in [-0.4, -0.2) is 72.5 Å². The van der Waals surface area contributed by atoms with Gasteiger partial charge in [-0.1, -0.05) is 30.3 Å². The number of carbonyl (C=O) groups excluding carboxylic acids is 3. The molecule has 0 spiro atoms. The van der Waals surface area contributed by atoms with Gasteiger partial charge in [0.05, 0.1) is 25.3 Å². The first-order chi connectivity index (χ1) is 16.5. The molecule has 34 heavy (non-hydrogen) atoms. The Bertz CT molecular complexity index is 1250. The Balaban J connectivity index is 1.59. The van der Waals surface area contributed by atoms with Crippen molar-refractivity contribution in [2.24, 2.45) is 0 Å². The number of carbonyl (C=O) groups is 3. The number of hydrogen-bond acceptors (Lipinski definition) is 5. The molecule has 0 bridgehead atoms. The van der Waals surface area contributed by atoms with Crippen molar-refractivity contribution in [1.82, 2.24) is 14.8 Å². The van der Waals surface area contributed by atoms with E-state index in [4.69, 9.17) is 9.47 Å². The summed E-state index contributed by atoms with van der Waals surface area (Å²) in [6.07, 6.45) is 1.14. The number of H-pyrrole nitrogens is 1. The fourth-order valence-corrected chi connectivity index (χ4v) is 5.18. The minimum Gasteiger partial charge on any atom is -0.465 e. The molecule has 1 aromatic heterocycles. The highest BCUT2D eigenvalue weighted by atomic mass is 16.5. The second-order valence-electron chi connectivity index (χ2n) is 8.71. The van der Waals surface area contributed by atoms with Gasteiger partial charge < -0.3 is 24.3 Å². The highest BCUT2D eigenvalue weighted by Gasteiger charge is 2.48. The van der Waals surface area contributed by atoms with Gasteiger partial charge in [-0.05, 0) is 35.7 Å². The number of hydrogen-bond donors (Lipinski definition) is 1. The molecular weight excluding hydrogens is 434 g/mol. The average Bonchev–Trinajstić information content (AvgIpc) is 3.24. The van der Waals surface area contributed by atoms with Gasteiger partial charge in [0.1, 0.15) is 6.04 Å². The highest BCUT2D eigenvalue weighted by Crippen LogP contribution is 2.42. The Kier molecular flexibility index (Phi) is 5.83. The van der Waals surface area contributed by atoms with Crippen molar-refractivity contribution in [2.75, 3.05) is 33.9 Å². The number of nitrogens with zero attached hydrogens (tertiary/aromatic N) is 2. The van der Waals surface area contributed by atoms with Gasteiger partial charge in [0, 0.05) is 43.3 Å². The molecule has 2 aliphatic rings. The monoisotopic (exact) mass is 461 g/mol. The topological polar surface area (TPSA) is 91.9 Å². The van der Waals surface area contributed by atoms with E-state index in [-0.39, 0.29) is 18.4 Å². The van der Waals surface area contributed by atoms with Gasteiger partial charge in [0.25, 0.3) is 0 Å². The van der Waals surface area contributed by atoms with Gasteiger partial charge in [0.15, 0.2) is 0 Å². The number of ether oxygens (including phenoxy) is 2. The lowest BCUT2D eigenvalue weighted by Crippen LogP contribution is -2.63. The number of piperazine rings is 1. The van der Waals surface area contributed by atoms with Crippen molar-refractivity contribution in [3.63, 3.8) is 0 Å². The molecule has 0 saturated carbocycles. The molecule has 0 aliphatic carbocycles. The van der Waals surface area contributed by atoms with Crippen LogP contribution in [0.1, 0.15) is 39.6 Å². The van der Waals surface area contributed by atoms with E-state index in [1.807, 2.05) is 36.4 Å². The molecule has 1 saturated heterocycles. The van der Waals surface area contributed by atoms with Crippen LogP contribution in [0.3, 0.4) is 0 Å². The molecular formula is C26H27N3O5. The fourth-order valence-electron chi connectivity index (χ4n) is 5.18. The SMILES string of the molecule is COCCCN1CC(=O)N2[C@H](c3ccc(C(=O)OC)cc3)c3[nH]c4ccccc4c3C[C@H]2C1=O. The zero-order valence-electron chi connectivity index (χ0n) is 19.2. The largest absolute Gasteiger partial charge is 0.465 e. The van der Waals surface area contributed by atoms with Gasteiger partial charge in [-0.2, -0.15) is 0 Å². The minimum absolute atomic E-state index is 0.0391. The van der Waals surface area contributed by atoms with E-state index in [0.717, 1.165) is 27.7 Å². The van der Waals surface area contributed by atoms with E-state index in [0.29, 0.717) is 31.6 Å². The molecule has 5 rings (SSSR count). The molecule has 0 unspecified atom stereocenters.